The molecule has 100 valence electrons. The van der Waals surface area contributed by atoms with Gasteiger partial charge in [-0.2, -0.15) is 0 Å². The van der Waals surface area contributed by atoms with Gasteiger partial charge < -0.3 is 10.2 Å². The highest BCUT2D eigenvalue weighted by molar-refractivity contribution is 5.59. The maximum atomic E-state index is 3.22. The predicted octanol–water partition coefficient (Wildman–Crippen LogP) is 1.64. The van der Waals surface area contributed by atoms with Gasteiger partial charge in [0.05, 0.1) is 0 Å². The molecule has 0 radical (unpaired) electrons. The first kappa shape index (κ1) is 13.4. The van der Waals surface area contributed by atoms with E-state index < -0.39 is 0 Å². The lowest BCUT2D eigenvalue weighted by Gasteiger charge is -2.37. The average Bonchev–Trinajstić information content (AvgIpc) is 2.37. The highest BCUT2D eigenvalue weighted by Gasteiger charge is 2.18. The van der Waals surface area contributed by atoms with Crippen molar-refractivity contribution in [3.05, 3.63) is 29.3 Å². The number of piperazine rings is 1. The van der Waals surface area contributed by atoms with Crippen molar-refractivity contribution < 1.29 is 0 Å². The molecule has 3 nitrogen and oxygen atoms in total. The predicted molar refractivity (Wildman–Crippen MR) is 78.5 cm³/mol. The minimum atomic E-state index is 1.09. The van der Waals surface area contributed by atoms with Crippen molar-refractivity contribution >= 4 is 5.69 Å². The second kappa shape index (κ2) is 6.21. The van der Waals surface area contributed by atoms with E-state index in [0.717, 1.165) is 26.2 Å². The van der Waals surface area contributed by atoms with Crippen LogP contribution in [0.15, 0.2) is 18.2 Å². The lowest BCUT2D eigenvalue weighted by Crippen LogP contribution is -2.48. The number of hydrogen-bond donors (Lipinski definition) is 1. The van der Waals surface area contributed by atoms with Gasteiger partial charge in [0.25, 0.3) is 0 Å². The molecule has 1 aromatic rings. The van der Waals surface area contributed by atoms with Crippen molar-refractivity contribution in [3.63, 3.8) is 0 Å². The van der Waals surface area contributed by atoms with Crippen molar-refractivity contribution in [1.82, 2.24) is 10.2 Å². The van der Waals surface area contributed by atoms with Gasteiger partial charge in [-0.1, -0.05) is 18.2 Å². The molecule has 1 aromatic carbocycles. The zero-order valence-corrected chi connectivity index (χ0v) is 11.9. The molecule has 0 aromatic heterocycles. The summed E-state index contributed by atoms with van der Waals surface area (Å²) >= 11 is 0. The summed E-state index contributed by atoms with van der Waals surface area (Å²) in [5.74, 6) is 0. The van der Waals surface area contributed by atoms with Gasteiger partial charge in [0, 0.05) is 45.0 Å². The van der Waals surface area contributed by atoms with Gasteiger partial charge in [-0.3, -0.25) is 4.90 Å². The van der Waals surface area contributed by atoms with Crippen molar-refractivity contribution in [1.29, 1.82) is 0 Å². The van der Waals surface area contributed by atoms with Gasteiger partial charge >= 0.3 is 0 Å². The van der Waals surface area contributed by atoms with Crippen molar-refractivity contribution in [2.75, 3.05) is 51.2 Å². The van der Waals surface area contributed by atoms with Gasteiger partial charge in [0.15, 0.2) is 0 Å². The van der Waals surface area contributed by atoms with Gasteiger partial charge in [0.2, 0.25) is 0 Å². The Kier molecular flexibility index (Phi) is 4.61. The average molecular weight is 247 g/mol. The molecule has 1 N–H and O–H groups in total. The number of nitrogens with one attached hydrogen (secondary N) is 1. The molecular formula is C15H25N3. The standard InChI is InChI=1S/C15H25N3/c1-13-5-4-6-14(2)15(13)18-11-9-17(10-12-18)8-7-16-3/h4-6,16H,7-12H2,1-3H3. The van der Waals surface area contributed by atoms with Crippen LogP contribution in [0, 0.1) is 13.8 Å². The SMILES string of the molecule is CNCCN1CCN(c2c(C)cccc2C)CC1. The summed E-state index contributed by atoms with van der Waals surface area (Å²) in [5.41, 5.74) is 4.25. The van der Waals surface area contributed by atoms with Crippen molar-refractivity contribution in [2.45, 2.75) is 13.8 Å². The zero-order valence-electron chi connectivity index (χ0n) is 11.9. The third-order valence-corrected chi connectivity index (χ3v) is 3.81. The quantitative estimate of drug-likeness (QED) is 0.873. The van der Waals surface area contributed by atoms with Crippen LogP contribution in [0.3, 0.4) is 0 Å². The molecule has 18 heavy (non-hydrogen) atoms. The van der Waals surface area contributed by atoms with E-state index in [1.165, 1.54) is 29.9 Å². The molecule has 1 heterocycles. The van der Waals surface area contributed by atoms with E-state index >= 15 is 0 Å². The maximum Gasteiger partial charge on any atom is 0.0426 e. The van der Waals surface area contributed by atoms with Gasteiger partial charge in [0.1, 0.15) is 0 Å². The van der Waals surface area contributed by atoms with Crippen molar-refractivity contribution in [2.24, 2.45) is 0 Å². The second-order valence-corrected chi connectivity index (χ2v) is 5.17. The molecular weight excluding hydrogens is 222 g/mol. The smallest absolute Gasteiger partial charge is 0.0426 e. The molecule has 1 aliphatic heterocycles. The zero-order chi connectivity index (χ0) is 13.0. The van der Waals surface area contributed by atoms with E-state index in [0.29, 0.717) is 0 Å². The molecule has 2 rings (SSSR count). The molecule has 3 heteroatoms. The Balaban J connectivity index is 1.97. The monoisotopic (exact) mass is 247 g/mol. The van der Waals surface area contributed by atoms with E-state index in [-0.39, 0.29) is 0 Å². The van der Waals surface area contributed by atoms with Crippen LogP contribution in [0.25, 0.3) is 0 Å². The summed E-state index contributed by atoms with van der Waals surface area (Å²) < 4.78 is 0. The normalized spacial score (nSPS) is 17.2. The molecule has 0 atom stereocenters. The van der Waals surface area contributed by atoms with Gasteiger partial charge in [-0.05, 0) is 32.0 Å². The number of anilines is 1. The number of para-hydroxylation sites is 1. The summed E-state index contributed by atoms with van der Waals surface area (Å²) in [7, 11) is 2.02. The fourth-order valence-electron chi connectivity index (χ4n) is 2.77. The molecule has 0 amide bonds. The van der Waals surface area contributed by atoms with E-state index in [9.17, 15) is 0 Å². The van der Waals surface area contributed by atoms with Crippen LogP contribution >= 0.6 is 0 Å². The third-order valence-electron chi connectivity index (χ3n) is 3.81. The summed E-state index contributed by atoms with van der Waals surface area (Å²) in [6.07, 6.45) is 0. The minimum Gasteiger partial charge on any atom is -0.369 e. The number of hydrogen-bond acceptors (Lipinski definition) is 3. The van der Waals surface area contributed by atoms with E-state index in [2.05, 4.69) is 47.2 Å². The Morgan fingerprint density at radius 1 is 1.06 bits per heavy atom. The fourth-order valence-corrected chi connectivity index (χ4v) is 2.77. The van der Waals surface area contributed by atoms with Crippen molar-refractivity contribution in [3.8, 4) is 0 Å². The van der Waals surface area contributed by atoms with Crippen LogP contribution in [-0.2, 0) is 0 Å². The van der Waals surface area contributed by atoms with E-state index in [1.807, 2.05) is 7.05 Å². The number of rotatable bonds is 4. The summed E-state index contributed by atoms with van der Waals surface area (Å²) in [6, 6.07) is 6.59. The molecule has 0 saturated carbocycles. The Hall–Kier alpha value is -1.06. The highest BCUT2D eigenvalue weighted by Crippen LogP contribution is 2.25. The first-order valence-electron chi connectivity index (χ1n) is 6.90. The van der Waals surface area contributed by atoms with Crippen LogP contribution in [0.2, 0.25) is 0 Å². The highest BCUT2D eigenvalue weighted by atomic mass is 15.3. The lowest BCUT2D eigenvalue weighted by atomic mass is 10.1. The van der Waals surface area contributed by atoms with E-state index in [4.69, 9.17) is 0 Å². The Morgan fingerprint density at radius 3 is 2.22 bits per heavy atom. The Morgan fingerprint density at radius 2 is 1.67 bits per heavy atom. The van der Waals surface area contributed by atoms with Crippen LogP contribution in [-0.4, -0.2) is 51.2 Å². The van der Waals surface area contributed by atoms with Crippen LogP contribution in [0.5, 0.6) is 0 Å². The Labute approximate surface area is 111 Å². The summed E-state index contributed by atoms with van der Waals surface area (Å²) in [5, 5.41) is 3.22. The molecule has 1 aliphatic rings. The second-order valence-electron chi connectivity index (χ2n) is 5.17. The molecule has 0 bridgehead atoms. The molecule has 1 saturated heterocycles. The number of benzene rings is 1. The molecule has 1 fully saturated rings. The van der Waals surface area contributed by atoms with Crippen LogP contribution < -0.4 is 10.2 Å². The Bertz CT molecular complexity index is 361. The first-order valence-corrected chi connectivity index (χ1v) is 6.90. The maximum absolute atomic E-state index is 3.22. The lowest BCUT2D eigenvalue weighted by molar-refractivity contribution is 0.259. The molecule has 0 aliphatic carbocycles. The number of likely N-dealkylation sites (N-methyl/N-ethyl adjacent to an activating group) is 1. The van der Waals surface area contributed by atoms with E-state index in [1.54, 1.807) is 0 Å². The topological polar surface area (TPSA) is 18.5 Å². The molecule has 0 unspecified atom stereocenters. The summed E-state index contributed by atoms with van der Waals surface area (Å²) in [4.78, 5) is 5.08. The molecule has 0 spiro atoms. The largest absolute Gasteiger partial charge is 0.369 e. The first-order chi connectivity index (χ1) is 8.72. The number of nitrogens with zero attached hydrogens (tertiary/aromatic N) is 2. The minimum absolute atomic E-state index is 1.09. The van der Waals surface area contributed by atoms with Gasteiger partial charge in [-0.25, -0.2) is 0 Å². The number of aryl methyl sites for hydroxylation is 2. The van der Waals surface area contributed by atoms with Crippen LogP contribution in [0.4, 0.5) is 5.69 Å². The third kappa shape index (κ3) is 3.03. The van der Waals surface area contributed by atoms with Crippen LogP contribution in [0.1, 0.15) is 11.1 Å². The van der Waals surface area contributed by atoms with Gasteiger partial charge in [-0.15, -0.1) is 0 Å². The summed E-state index contributed by atoms with van der Waals surface area (Å²) in [6.45, 7) is 11.3. The fraction of sp³-hybridized carbons (Fsp3) is 0.600.